The lowest BCUT2D eigenvalue weighted by Gasteiger charge is -2.41. The predicted octanol–water partition coefficient (Wildman–Crippen LogP) is 1.71. The number of likely N-dealkylation sites (tertiary alicyclic amines) is 1. The van der Waals surface area contributed by atoms with Crippen LogP contribution in [0.3, 0.4) is 0 Å². The van der Waals surface area contributed by atoms with Crippen molar-refractivity contribution in [2.45, 2.75) is 77.0 Å². The smallest absolute Gasteiger partial charge is 0.134 e. The standard InChI is InChI=1S/C17H29N5/c1-3-16-18-19-17-11-14-5-6-15(12-21(16)17)22(14)13-7-9-20(4-2)10-8-13/h13-15H,3-12H2,1-2H3/t14-,15+/m0/s1. The van der Waals surface area contributed by atoms with Gasteiger partial charge in [0.2, 0.25) is 0 Å². The Morgan fingerprint density at radius 2 is 1.73 bits per heavy atom. The number of hydrogen-bond donors (Lipinski definition) is 0. The van der Waals surface area contributed by atoms with Crippen LogP contribution in [0, 0.1) is 0 Å². The highest BCUT2D eigenvalue weighted by molar-refractivity contribution is 5.07. The molecule has 4 rings (SSSR count). The molecule has 3 aliphatic rings. The van der Waals surface area contributed by atoms with Crippen LogP contribution in [0.25, 0.3) is 0 Å². The normalized spacial score (nSPS) is 30.5. The number of hydrogen-bond acceptors (Lipinski definition) is 4. The minimum absolute atomic E-state index is 0.707. The second kappa shape index (κ2) is 5.93. The van der Waals surface area contributed by atoms with Gasteiger partial charge in [-0.1, -0.05) is 13.8 Å². The zero-order valence-corrected chi connectivity index (χ0v) is 14.0. The number of nitrogens with zero attached hydrogens (tertiary/aromatic N) is 5. The number of aromatic nitrogens is 3. The van der Waals surface area contributed by atoms with E-state index in [0.717, 1.165) is 25.4 Å². The molecule has 22 heavy (non-hydrogen) atoms. The van der Waals surface area contributed by atoms with Gasteiger partial charge >= 0.3 is 0 Å². The lowest BCUT2D eigenvalue weighted by Crippen LogP contribution is -2.50. The minimum Gasteiger partial charge on any atom is -0.313 e. The molecule has 5 heteroatoms. The van der Waals surface area contributed by atoms with Gasteiger partial charge in [-0.2, -0.15) is 0 Å². The maximum absolute atomic E-state index is 4.49. The van der Waals surface area contributed by atoms with Gasteiger partial charge in [0.05, 0.1) is 0 Å². The molecule has 0 radical (unpaired) electrons. The van der Waals surface area contributed by atoms with Crippen molar-refractivity contribution >= 4 is 0 Å². The Hall–Kier alpha value is -0.940. The molecule has 2 fully saturated rings. The van der Waals surface area contributed by atoms with E-state index < -0.39 is 0 Å². The van der Waals surface area contributed by atoms with Crippen LogP contribution in [0.4, 0.5) is 0 Å². The first-order valence-electron chi connectivity index (χ1n) is 9.20. The third-order valence-electron chi connectivity index (χ3n) is 6.13. The molecular formula is C17H29N5. The van der Waals surface area contributed by atoms with Crippen LogP contribution >= 0.6 is 0 Å². The van der Waals surface area contributed by atoms with Gasteiger partial charge in [-0.3, -0.25) is 4.90 Å². The highest BCUT2D eigenvalue weighted by Gasteiger charge is 2.42. The van der Waals surface area contributed by atoms with Crippen molar-refractivity contribution in [2.24, 2.45) is 0 Å². The molecule has 0 amide bonds. The van der Waals surface area contributed by atoms with Crippen molar-refractivity contribution < 1.29 is 0 Å². The van der Waals surface area contributed by atoms with Gasteiger partial charge in [0.15, 0.2) is 0 Å². The molecule has 0 spiro atoms. The van der Waals surface area contributed by atoms with E-state index in [9.17, 15) is 0 Å². The second-order valence-corrected chi connectivity index (χ2v) is 7.20. The summed E-state index contributed by atoms with van der Waals surface area (Å²) in [6.07, 6.45) is 7.52. The molecule has 3 aliphatic heterocycles. The number of piperidine rings is 1. The molecule has 0 saturated carbocycles. The fourth-order valence-corrected chi connectivity index (χ4v) is 4.92. The van der Waals surface area contributed by atoms with Gasteiger partial charge in [0.25, 0.3) is 0 Å². The molecule has 2 atom stereocenters. The Kier molecular flexibility index (Phi) is 3.95. The summed E-state index contributed by atoms with van der Waals surface area (Å²) in [6.45, 7) is 9.37. The second-order valence-electron chi connectivity index (χ2n) is 7.20. The van der Waals surface area contributed by atoms with E-state index in [4.69, 9.17) is 0 Å². The predicted molar refractivity (Wildman–Crippen MR) is 86.9 cm³/mol. The van der Waals surface area contributed by atoms with Crippen molar-refractivity contribution in [2.75, 3.05) is 19.6 Å². The summed E-state index contributed by atoms with van der Waals surface area (Å²) in [6, 6.07) is 2.21. The Bertz CT molecular complexity index is 517. The third-order valence-corrected chi connectivity index (χ3v) is 6.13. The molecule has 1 aromatic heterocycles. The van der Waals surface area contributed by atoms with E-state index in [2.05, 4.69) is 38.4 Å². The monoisotopic (exact) mass is 303 g/mol. The molecule has 2 saturated heterocycles. The molecule has 0 unspecified atom stereocenters. The zero-order valence-electron chi connectivity index (χ0n) is 14.0. The highest BCUT2D eigenvalue weighted by Crippen LogP contribution is 2.35. The Balaban J connectivity index is 1.53. The van der Waals surface area contributed by atoms with Crippen LogP contribution in [0.1, 0.15) is 51.2 Å². The fourth-order valence-electron chi connectivity index (χ4n) is 4.92. The van der Waals surface area contributed by atoms with E-state index in [1.54, 1.807) is 0 Å². The SMILES string of the molecule is CCc1nnc2n1C[C@H]1CC[C@@H](C2)N1C1CCN(CC)CC1. The maximum atomic E-state index is 4.49. The van der Waals surface area contributed by atoms with Crippen LogP contribution in [-0.2, 0) is 19.4 Å². The van der Waals surface area contributed by atoms with Gasteiger partial charge in [0, 0.05) is 37.5 Å². The van der Waals surface area contributed by atoms with Crippen LogP contribution in [0.15, 0.2) is 0 Å². The Labute approximate surface area is 133 Å². The Morgan fingerprint density at radius 3 is 2.45 bits per heavy atom. The van der Waals surface area contributed by atoms with Gasteiger partial charge in [0.1, 0.15) is 11.6 Å². The van der Waals surface area contributed by atoms with Crippen LogP contribution < -0.4 is 0 Å². The van der Waals surface area contributed by atoms with Crippen LogP contribution in [0.2, 0.25) is 0 Å². The summed E-state index contributed by atoms with van der Waals surface area (Å²) in [5, 5.41) is 8.89. The van der Waals surface area contributed by atoms with Crippen molar-refractivity contribution in [3.8, 4) is 0 Å². The van der Waals surface area contributed by atoms with E-state index in [-0.39, 0.29) is 0 Å². The van der Waals surface area contributed by atoms with Crippen molar-refractivity contribution in [3.05, 3.63) is 11.6 Å². The molecule has 1 aromatic rings. The van der Waals surface area contributed by atoms with Crippen LogP contribution in [-0.4, -0.2) is 62.3 Å². The van der Waals surface area contributed by atoms with Gasteiger partial charge in [-0.25, -0.2) is 0 Å². The summed E-state index contributed by atoms with van der Waals surface area (Å²) >= 11 is 0. The number of rotatable bonds is 3. The number of fused-ring (bicyclic) bond motifs is 3. The molecule has 2 bridgehead atoms. The zero-order chi connectivity index (χ0) is 15.1. The highest BCUT2D eigenvalue weighted by atomic mass is 15.3. The average molecular weight is 303 g/mol. The lowest BCUT2D eigenvalue weighted by molar-refractivity contribution is 0.0698. The van der Waals surface area contributed by atoms with Crippen molar-refractivity contribution in [1.29, 1.82) is 0 Å². The van der Waals surface area contributed by atoms with Crippen LogP contribution in [0.5, 0.6) is 0 Å². The number of aryl methyl sites for hydroxylation is 1. The molecular weight excluding hydrogens is 274 g/mol. The van der Waals surface area contributed by atoms with Gasteiger partial charge in [-0.05, 0) is 45.3 Å². The first-order valence-corrected chi connectivity index (χ1v) is 9.20. The largest absolute Gasteiger partial charge is 0.313 e. The molecule has 5 nitrogen and oxygen atoms in total. The first kappa shape index (κ1) is 14.6. The Morgan fingerprint density at radius 1 is 0.955 bits per heavy atom. The molecule has 4 heterocycles. The summed E-state index contributed by atoms with van der Waals surface area (Å²) in [5.41, 5.74) is 0. The summed E-state index contributed by atoms with van der Waals surface area (Å²) in [5.74, 6) is 2.42. The molecule has 0 aliphatic carbocycles. The lowest BCUT2D eigenvalue weighted by atomic mass is 10.0. The third kappa shape index (κ3) is 2.38. The van der Waals surface area contributed by atoms with Crippen molar-refractivity contribution in [1.82, 2.24) is 24.6 Å². The van der Waals surface area contributed by atoms with E-state index in [0.29, 0.717) is 12.1 Å². The van der Waals surface area contributed by atoms with E-state index >= 15 is 0 Å². The average Bonchev–Trinajstić information content (AvgIpc) is 3.07. The van der Waals surface area contributed by atoms with E-state index in [1.807, 2.05) is 0 Å². The summed E-state index contributed by atoms with van der Waals surface area (Å²) in [4.78, 5) is 5.49. The maximum Gasteiger partial charge on any atom is 0.134 e. The summed E-state index contributed by atoms with van der Waals surface area (Å²) < 4.78 is 2.43. The molecule has 122 valence electrons. The van der Waals surface area contributed by atoms with Gasteiger partial charge < -0.3 is 9.47 Å². The molecule has 0 aromatic carbocycles. The fraction of sp³-hybridized carbons (Fsp3) is 0.882. The quantitative estimate of drug-likeness (QED) is 0.852. The first-order chi connectivity index (χ1) is 10.8. The summed E-state index contributed by atoms with van der Waals surface area (Å²) in [7, 11) is 0. The van der Waals surface area contributed by atoms with Crippen molar-refractivity contribution in [3.63, 3.8) is 0 Å². The topological polar surface area (TPSA) is 37.2 Å². The minimum atomic E-state index is 0.707. The van der Waals surface area contributed by atoms with E-state index in [1.165, 1.54) is 57.0 Å². The molecule has 0 N–H and O–H groups in total. The van der Waals surface area contributed by atoms with Gasteiger partial charge in [-0.15, -0.1) is 10.2 Å².